The first-order valence-corrected chi connectivity index (χ1v) is 10.5. The fraction of sp³-hybridized carbons (Fsp3) is 0.478. The van der Waals surface area contributed by atoms with Crippen molar-refractivity contribution in [1.82, 2.24) is 15.2 Å². The van der Waals surface area contributed by atoms with Crippen LogP contribution < -0.4 is 10.1 Å². The van der Waals surface area contributed by atoms with Gasteiger partial charge < -0.3 is 10.1 Å². The van der Waals surface area contributed by atoms with Crippen molar-refractivity contribution in [2.45, 2.75) is 57.2 Å². The van der Waals surface area contributed by atoms with E-state index < -0.39 is 0 Å². The molecule has 2 aromatic rings. The molecule has 1 aromatic heterocycles. The summed E-state index contributed by atoms with van der Waals surface area (Å²) in [5.41, 5.74) is 1.83. The maximum absolute atomic E-state index is 12.3. The number of hydrogen-bond acceptors (Lipinski definition) is 4. The molecular weight excluding hydrogens is 350 g/mol. The quantitative estimate of drug-likeness (QED) is 0.829. The molecule has 0 unspecified atom stereocenters. The molecule has 4 rings (SSSR count). The van der Waals surface area contributed by atoms with Crippen LogP contribution in [0.2, 0.25) is 0 Å². The van der Waals surface area contributed by atoms with Gasteiger partial charge in [-0.15, -0.1) is 0 Å². The van der Waals surface area contributed by atoms with Crippen molar-refractivity contribution in [1.29, 1.82) is 0 Å². The van der Waals surface area contributed by atoms with Crippen LogP contribution >= 0.6 is 0 Å². The number of ether oxygens (including phenoxy) is 1. The van der Waals surface area contributed by atoms with E-state index in [4.69, 9.17) is 4.74 Å². The Labute approximate surface area is 167 Å². The number of benzene rings is 1. The Kier molecular flexibility index (Phi) is 6.22. The fourth-order valence-electron chi connectivity index (χ4n) is 4.12. The highest BCUT2D eigenvalue weighted by Gasteiger charge is 2.21. The Morgan fingerprint density at radius 3 is 2.46 bits per heavy atom. The van der Waals surface area contributed by atoms with Crippen LogP contribution in [0.4, 0.5) is 0 Å². The monoisotopic (exact) mass is 379 g/mol. The highest BCUT2D eigenvalue weighted by atomic mass is 16.5. The first-order valence-electron chi connectivity index (χ1n) is 10.5. The lowest BCUT2D eigenvalue weighted by molar-refractivity contribution is 0.0935. The summed E-state index contributed by atoms with van der Waals surface area (Å²) in [5, 5.41) is 3.13. The number of pyridine rings is 1. The van der Waals surface area contributed by atoms with Gasteiger partial charge in [0.15, 0.2) is 0 Å². The van der Waals surface area contributed by atoms with E-state index in [-0.39, 0.29) is 12.0 Å². The fourth-order valence-corrected chi connectivity index (χ4v) is 4.12. The number of likely N-dealkylation sites (tertiary alicyclic amines) is 1. The van der Waals surface area contributed by atoms with Crippen molar-refractivity contribution in [3.8, 4) is 5.75 Å². The third kappa shape index (κ3) is 5.10. The van der Waals surface area contributed by atoms with Gasteiger partial charge >= 0.3 is 0 Å². The standard InChI is InChI=1S/C23H29N3O2/c27-23(25-19-5-1-2-6-19)18-8-10-21(11-9-18)28-22-12-15-26(16-13-22)17-20-7-3-4-14-24-20/h3-4,7-11,14,19,22H,1-2,5-6,12-13,15-17H2,(H,25,27). The molecule has 148 valence electrons. The van der Waals surface area contributed by atoms with Gasteiger partial charge in [0.05, 0.1) is 5.69 Å². The number of aromatic nitrogens is 1. The number of rotatable bonds is 6. The topological polar surface area (TPSA) is 54.5 Å². The zero-order valence-corrected chi connectivity index (χ0v) is 16.3. The van der Waals surface area contributed by atoms with Crippen LogP contribution in [-0.2, 0) is 6.54 Å². The minimum Gasteiger partial charge on any atom is -0.490 e. The third-order valence-electron chi connectivity index (χ3n) is 5.76. The SMILES string of the molecule is O=C(NC1CCCC1)c1ccc(OC2CCN(Cc3ccccn3)CC2)cc1. The summed E-state index contributed by atoms with van der Waals surface area (Å²) < 4.78 is 6.15. The van der Waals surface area contributed by atoms with Crippen LogP contribution in [0.25, 0.3) is 0 Å². The summed E-state index contributed by atoms with van der Waals surface area (Å²) in [5.74, 6) is 0.877. The van der Waals surface area contributed by atoms with Crippen LogP contribution in [0.5, 0.6) is 5.75 Å². The number of nitrogens with zero attached hydrogens (tertiary/aromatic N) is 2. The van der Waals surface area contributed by atoms with Gasteiger partial charge in [-0.1, -0.05) is 18.9 Å². The summed E-state index contributed by atoms with van der Waals surface area (Å²) in [7, 11) is 0. The van der Waals surface area contributed by atoms with Crippen LogP contribution in [0.3, 0.4) is 0 Å². The molecule has 28 heavy (non-hydrogen) atoms. The number of amides is 1. The Balaban J connectivity index is 1.23. The number of nitrogens with one attached hydrogen (secondary N) is 1. The van der Waals surface area contributed by atoms with Gasteiger partial charge in [0.2, 0.25) is 0 Å². The van der Waals surface area contributed by atoms with Crippen LogP contribution in [0, 0.1) is 0 Å². The molecule has 1 aromatic carbocycles. The normalized spacial score (nSPS) is 18.9. The van der Waals surface area contributed by atoms with E-state index in [0.717, 1.165) is 56.8 Å². The van der Waals surface area contributed by atoms with E-state index >= 15 is 0 Å². The second kappa shape index (κ2) is 9.20. The molecule has 2 heterocycles. The van der Waals surface area contributed by atoms with Crippen LogP contribution in [-0.4, -0.2) is 41.0 Å². The summed E-state index contributed by atoms with van der Waals surface area (Å²) in [6, 6.07) is 14.0. The van der Waals surface area contributed by atoms with E-state index in [1.165, 1.54) is 12.8 Å². The Hall–Kier alpha value is -2.40. The first-order chi connectivity index (χ1) is 13.8. The zero-order valence-electron chi connectivity index (χ0n) is 16.3. The van der Waals surface area contributed by atoms with Crippen LogP contribution in [0.1, 0.15) is 54.6 Å². The Morgan fingerprint density at radius 2 is 1.79 bits per heavy atom. The largest absolute Gasteiger partial charge is 0.490 e. The maximum Gasteiger partial charge on any atom is 0.251 e. The Bertz CT molecular complexity index is 749. The molecule has 0 spiro atoms. The predicted molar refractivity (Wildman–Crippen MR) is 109 cm³/mol. The summed E-state index contributed by atoms with van der Waals surface area (Å²) in [6.45, 7) is 2.94. The molecule has 0 bridgehead atoms. The van der Waals surface area contributed by atoms with Gasteiger partial charge in [0.25, 0.3) is 5.91 Å². The highest BCUT2D eigenvalue weighted by Crippen LogP contribution is 2.21. The van der Waals surface area contributed by atoms with E-state index in [1.54, 1.807) is 0 Å². The lowest BCUT2D eigenvalue weighted by Gasteiger charge is -2.31. The molecule has 1 aliphatic heterocycles. The molecule has 1 N–H and O–H groups in total. The highest BCUT2D eigenvalue weighted by molar-refractivity contribution is 5.94. The Morgan fingerprint density at radius 1 is 1.04 bits per heavy atom. The van der Waals surface area contributed by atoms with Crippen molar-refractivity contribution in [2.24, 2.45) is 0 Å². The minimum absolute atomic E-state index is 0.0290. The van der Waals surface area contributed by atoms with Gasteiger partial charge in [-0.3, -0.25) is 14.7 Å². The molecule has 1 saturated carbocycles. The van der Waals surface area contributed by atoms with Gasteiger partial charge in [0.1, 0.15) is 11.9 Å². The van der Waals surface area contributed by atoms with Gasteiger partial charge in [-0.05, 0) is 62.1 Å². The second-order valence-corrected chi connectivity index (χ2v) is 7.89. The van der Waals surface area contributed by atoms with E-state index in [1.807, 2.05) is 42.6 Å². The third-order valence-corrected chi connectivity index (χ3v) is 5.76. The van der Waals surface area contributed by atoms with Crippen molar-refractivity contribution < 1.29 is 9.53 Å². The average Bonchev–Trinajstić information content (AvgIpc) is 3.24. The second-order valence-electron chi connectivity index (χ2n) is 7.89. The smallest absolute Gasteiger partial charge is 0.251 e. The van der Waals surface area contributed by atoms with Crippen molar-refractivity contribution >= 4 is 5.91 Å². The molecule has 0 radical (unpaired) electrons. The lowest BCUT2D eigenvalue weighted by atomic mass is 10.1. The molecule has 2 aliphatic rings. The van der Waals surface area contributed by atoms with E-state index in [2.05, 4.69) is 21.3 Å². The van der Waals surface area contributed by atoms with Gasteiger partial charge in [0, 0.05) is 37.4 Å². The molecule has 1 saturated heterocycles. The van der Waals surface area contributed by atoms with Gasteiger partial charge in [-0.2, -0.15) is 0 Å². The van der Waals surface area contributed by atoms with E-state index in [0.29, 0.717) is 11.6 Å². The molecule has 2 fully saturated rings. The van der Waals surface area contributed by atoms with Crippen molar-refractivity contribution in [3.05, 3.63) is 59.9 Å². The minimum atomic E-state index is 0.0290. The predicted octanol–water partition coefficient (Wildman–Crippen LogP) is 3.80. The average molecular weight is 380 g/mol. The lowest BCUT2D eigenvalue weighted by Crippen LogP contribution is -2.38. The number of carbonyl (C=O) groups excluding carboxylic acids is 1. The summed E-state index contributed by atoms with van der Waals surface area (Å²) in [6.07, 6.45) is 8.75. The number of hydrogen-bond donors (Lipinski definition) is 1. The first kappa shape index (κ1) is 18.9. The zero-order chi connectivity index (χ0) is 19.2. The summed E-state index contributed by atoms with van der Waals surface area (Å²) >= 11 is 0. The van der Waals surface area contributed by atoms with Crippen molar-refractivity contribution in [2.75, 3.05) is 13.1 Å². The van der Waals surface area contributed by atoms with Crippen molar-refractivity contribution in [3.63, 3.8) is 0 Å². The maximum atomic E-state index is 12.3. The summed E-state index contributed by atoms with van der Waals surface area (Å²) in [4.78, 5) is 19.2. The molecule has 5 nitrogen and oxygen atoms in total. The molecular formula is C23H29N3O2. The van der Waals surface area contributed by atoms with Crippen LogP contribution in [0.15, 0.2) is 48.7 Å². The molecule has 0 atom stereocenters. The number of piperidine rings is 1. The molecule has 5 heteroatoms. The van der Waals surface area contributed by atoms with E-state index in [9.17, 15) is 4.79 Å². The van der Waals surface area contributed by atoms with Gasteiger partial charge in [-0.25, -0.2) is 0 Å². The molecule has 1 aliphatic carbocycles. The molecule has 1 amide bonds. The number of carbonyl (C=O) groups is 1.